The van der Waals surface area contributed by atoms with Crippen LogP contribution >= 0.6 is 0 Å². The zero-order valence-electron chi connectivity index (χ0n) is 10.0. The van der Waals surface area contributed by atoms with E-state index in [9.17, 15) is 19.2 Å². The maximum absolute atomic E-state index is 10.9. The number of rotatable bonds is 7. The highest BCUT2D eigenvalue weighted by atomic mass is 16.4. The molecule has 0 aromatic carbocycles. The standard InChI is InChI=1S/C11H10N2O7/c14-5-6-1-2-7(12-10(6)11(19)20)13(3-8(15)16)4-9(17)18/h1-2,5H,3-4H2,(H,15,16)(H,17,18)(H,19,20). The molecule has 0 fully saturated rings. The summed E-state index contributed by atoms with van der Waals surface area (Å²) in [6.45, 7) is -1.34. The molecule has 0 amide bonds. The molecule has 20 heavy (non-hydrogen) atoms. The summed E-state index contributed by atoms with van der Waals surface area (Å²) in [6.07, 6.45) is 0.291. The summed E-state index contributed by atoms with van der Waals surface area (Å²) in [7, 11) is 0. The number of carbonyl (C=O) groups is 4. The third-order valence-corrected chi connectivity index (χ3v) is 2.22. The van der Waals surface area contributed by atoms with Crippen LogP contribution in [0.4, 0.5) is 5.82 Å². The molecule has 106 valence electrons. The van der Waals surface area contributed by atoms with Crippen LogP contribution in [0.15, 0.2) is 12.1 Å². The Morgan fingerprint density at radius 3 is 2.05 bits per heavy atom. The maximum Gasteiger partial charge on any atom is 0.355 e. The summed E-state index contributed by atoms with van der Waals surface area (Å²) in [6, 6.07) is 2.32. The van der Waals surface area contributed by atoms with Gasteiger partial charge in [0.15, 0.2) is 12.0 Å². The molecule has 0 aliphatic heterocycles. The van der Waals surface area contributed by atoms with Crippen LogP contribution in [-0.4, -0.2) is 57.6 Å². The fourth-order valence-electron chi connectivity index (χ4n) is 1.45. The molecule has 1 aromatic rings. The smallest absolute Gasteiger partial charge is 0.355 e. The third-order valence-electron chi connectivity index (χ3n) is 2.22. The van der Waals surface area contributed by atoms with Gasteiger partial charge in [0.25, 0.3) is 0 Å². The van der Waals surface area contributed by atoms with Gasteiger partial charge in [0, 0.05) is 5.56 Å². The number of carbonyl (C=O) groups excluding carboxylic acids is 1. The zero-order chi connectivity index (χ0) is 15.3. The molecule has 0 radical (unpaired) electrons. The van der Waals surface area contributed by atoms with E-state index in [-0.39, 0.29) is 11.4 Å². The van der Waals surface area contributed by atoms with E-state index < -0.39 is 36.7 Å². The van der Waals surface area contributed by atoms with Gasteiger partial charge in [-0.15, -0.1) is 0 Å². The molecule has 0 aliphatic carbocycles. The van der Waals surface area contributed by atoms with Crippen molar-refractivity contribution in [2.45, 2.75) is 0 Å². The van der Waals surface area contributed by atoms with Crippen LogP contribution in [0.3, 0.4) is 0 Å². The maximum atomic E-state index is 10.9. The van der Waals surface area contributed by atoms with Gasteiger partial charge < -0.3 is 20.2 Å². The van der Waals surface area contributed by atoms with Crippen molar-refractivity contribution in [1.29, 1.82) is 0 Å². The van der Waals surface area contributed by atoms with Crippen molar-refractivity contribution in [2.24, 2.45) is 0 Å². The molecule has 1 aromatic heterocycles. The van der Waals surface area contributed by atoms with Crippen LogP contribution in [0, 0.1) is 0 Å². The summed E-state index contributed by atoms with van der Waals surface area (Å²) < 4.78 is 0. The number of anilines is 1. The molecule has 0 saturated carbocycles. The fourth-order valence-corrected chi connectivity index (χ4v) is 1.45. The quantitative estimate of drug-likeness (QED) is 0.567. The van der Waals surface area contributed by atoms with E-state index in [1.54, 1.807) is 0 Å². The van der Waals surface area contributed by atoms with Crippen LogP contribution in [0.25, 0.3) is 0 Å². The minimum absolute atomic E-state index is 0.155. The first-order chi connectivity index (χ1) is 9.35. The van der Waals surface area contributed by atoms with Crippen molar-refractivity contribution in [3.63, 3.8) is 0 Å². The second kappa shape index (κ2) is 6.27. The number of hydrogen-bond acceptors (Lipinski definition) is 6. The van der Waals surface area contributed by atoms with E-state index in [1.807, 2.05) is 0 Å². The molecule has 0 spiro atoms. The van der Waals surface area contributed by atoms with E-state index in [1.165, 1.54) is 6.07 Å². The van der Waals surface area contributed by atoms with Crippen molar-refractivity contribution < 1.29 is 34.5 Å². The minimum Gasteiger partial charge on any atom is -0.480 e. The lowest BCUT2D eigenvalue weighted by atomic mass is 10.2. The first-order valence-corrected chi connectivity index (χ1v) is 5.23. The van der Waals surface area contributed by atoms with Crippen molar-refractivity contribution in [2.75, 3.05) is 18.0 Å². The predicted octanol–water partition coefficient (Wildman–Crippen LogP) is -0.432. The number of hydrogen-bond donors (Lipinski definition) is 3. The molecule has 0 aliphatic rings. The number of aromatic nitrogens is 1. The molecule has 0 unspecified atom stereocenters. The second-order valence-corrected chi connectivity index (χ2v) is 3.67. The Balaban J connectivity index is 3.22. The lowest BCUT2D eigenvalue weighted by molar-refractivity contribution is -0.136. The molecular formula is C11H10N2O7. The lowest BCUT2D eigenvalue weighted by Crippen LogP contribution is -2.35. The number of aromatic carboxylic acids is 1. The lowest BCUT2D eigenvalue weighted by Gasteiger charge is -2.19. The topological polar surface area (TPSA) is 145 Å². The van der Waals surface area contributed by atoms with E-state index in [0.29, 0.717) is 6.29 Å². The minimum atomic E-state index is -1.47. The fraction of sp³-hybridized carbons (Fsp3) is 0.182. The molecule has 0 saturated heterocycles. The van der Waals surface area contributed by atoms with E-state index in [2.05, 4.69) is 4.98 Å². The summed E-state index contributed by atoms with van der Waals surface area (Å²) >= 11 is 0. The van der Waals surface area contributed by atoms with Gasteiger partial charge in [-0.2, -0.15) is 0 Å². The Morgan fingerprint density at radius 1 is 1.10 bits per heavy atom. The van der Waals surface area contributed by atoms with E-state index in [4.69, 9.17) is 15.3 Å². The number of aliphatic carboxylic acids is 2. The monoisotopic (exact) mass is 282 g/mol. The highest BCUT2D eigenvalue weighted by molar-refractivity contribution is 5.95. The number of aldehydes is 1. The van der Waals surface area contributed by atoms with Gasteiger partial charge in [-0.05, 0) is 12.1 Å². The Labute approximate surface area is 112 Å². The Morgan fingerprint density at radius 2 is 1.65 bits per heavy atom. The molecule has 9 nitrogen and oxygen atoms in total. The highest BCUT2D eigenvalue weighted by Crippen LogP contribution is 2.14. The normalized spacial score (nSPS) is 9.80. The summed E-state index contributed by atoms with van der Waals surface area (Å²) in [5.41, 5.74) is -0.759. The van der Waals surface area contributed by atoms with Gasteiger partial charge in [-0.3, -0.25) is 14.4 Å². The number of carboxylic acids is 3. The van der Waals surface area contributed by atoms with Gasteiger partial charge in [0.05, 0.1) is 0 Å². The summed E-state index contributed by atoms with van der Waals surface area (Å²) in [5, 5.41) is 26.3. The van der Waals surface area contributed by atoms with Crippen LogP contribution in [-0.2, 0) is 9.59 Å². The van der Waals surface area contributed by atoms with Gasteiger partial charge in [0.1, 0.15) is 18.9 Å². The Kier molecular flexibility index (Phi) is 4.73. The first-order valence-electron chi connectivity index (χ1n) is 5.23. The Bertz CT molecular complexity index is 554. The molecule has 3 N–H and O–H groups in total. The third kappa shape index (κ3) is 3.77. The van der Waals surface area contributed by atoms with Gasteiger partial charge >= 0.3 is 17.9 Å². The van der Waals surface area contributed by atoms with Crippen LogP contribution < -0.4 is 4.90 Å². The van der Waals surface area contributed by atoms with Crippen LogP contribution in [0.1, 0.15) is 20.8 Å². The van der Waals surface area contributed by atoms with E-state index >= 15 is 0 Å². The van der Waals surface area contributed by atoms with Crippen molar-refractivity contribution in [3.05, 3.63) is 23.4 Å². The highest BCUT2D eigenvalue weighted by Gasteiger charge is 2.19. The molecule has 0 atom stereocenters. The van der Waals surface area contributed by atoms with Crippen molar-refractivity contribution >= 4 is 30.0 Å². The average molecular weight is 282 g/mol. The molecule has 9 heteroatoms. The van der Waals surface area contributed by atoms with Gasteiger partial charge in [-0.25, -0.2) is 9.78 Å². The summed E-state index contributed by atoms with van der Waals surface area (Å²) in [5.74, 6) is -4.23. The Hall–Kier alpha value is -2.97. The molecule has 0 bridgehead atoms. The van der Waals surface area contributed by atoms with Crippen molar-refractivity contribution in [3.8, 4) is 0 Å². The average Bonchev–Trinajstić information content (AvgIpc) is 2.36. The number of nitrogens with zero attached hydrogens (tertiary/aromatic N) is 2. The van der Waals surface area contributed by atoms with Crippen LogP contribution in [0.2, 0.25) is 0 Å². The zero-order valence-corrected chi connectivity index (χ0v) is 10.0. The predicted molar refractivity (Wildman–Crippen MR) is 64.1 cm³/mol. The van der Waals surface area contributed by atoms with Gasteiger partial charge in [0.2, 0.25) is 0 Å². The van der Waals surface area contributed by atoms with Crippen molar-refractivity contribution in [1.82, 2.24) is 4.98 Å². The molecule has 1 rings (SSSR count). The van der Waals surface area contributed by atoms with Crippen LogP contribution in [0.5, 0.6) is 0 Å². The second-order valence-electron chi connectivity index (χ2n) is 3.67. The first kappa shape index (κ1) is 15.1. The summed E-state index contributed by atoms with van der Waals surface area (Å²) in [4.78, 5) is 47.4. The van der Waals surface area contributed by atoms with Gasteiger partial charge in [-0.1, -0.05) is 0 Å². The molecular weight excluding hydrogens is 272 g/mol. The largest absolute Gasteiger partial charge is 0.480 e. The van der Waals surface area contributed by atoms with E-state index in [0.717, 1.165) is 11.0 Å². The SMILES string of the molecule is O=Cc1ccc(N(CC(=O)O)CC(=O)O)nc1C(=O)O. The number of pyridine rings is 1. The number of carboxylic acid groups (broad SMARTS) is 3. The molecule has 1 heterocycles.